The first-order valence-corrected chi connectivity index (χ1v) is 8.33. The van der Waals surface area contributed by atoms with Gasteiger partial charge >= 0.3 is 0 Å². The van der Waals surface area contributed by atoms with Crippen LogP contribution >= 0.6 is 17.0 Å². The fraction of sp³-hybridized carbons (Fsp3) is 0.400. The van der Waals surface area contributed by atoms with Crippen molar-refractivity contribution in [1.82, 2.24) is 4.90 Å². The Hall–Kier alpha value is -1.72. The number of hydrogen-bond donors (Lipinski definition) is 0. The van der Waals surface area contributed by atoms with Crippen LogP contribution in [-0.4, -0.2) is 39.8 Å². The number of benzene rings is 2. The molecule has 0 amide bonds. The van der Waals surface area contributed by atoms with Crippen molar-refractivity contribution < 1.29 is 14.2 Å². The van der Waals surface area contributed by atoms with E-state index in [0.29, 0.717) is 6.04 Å². The lowest BCUT2D eigenvalue weighted by molar-refractivity contribution is 0.226. The zero-order chi connectivity index (χ0) is 16.8. The molecule has 0 radical (unpaired) electrons. The van der Waals surface area contributed by atoms with Gasteiger partial charge in [-0.2, -0.15) is 0 Å². The molecule has 0 N–H and O–H groups in total. The number of hydrogen-bond acceptors (Lipinski definition) is 4. The summed E-state index contributed by atoms with van der Waals surface area (Å²) in [6.07, 6.45) is 2.06. The van der Waals surface area contributed by atoms with Crippen molar-refractivity contribution in [2.45, 2.75) is 18.9 Å². The molecule has 1 aliphatic heterocycles. The maximum Gasteiger partial charge on any atom is 0.168 e. The molecule has 2 aliphatic rings. The molecule has 134 valence electrons. The van der Waals surface area contributed by atoms with E-state index in [0.717, 1.165) is 36.6 Å². The molecule has 0 saturated carbocycles. The fourth-order valence-corrected chi connectivity index (χ4v) is 4.15. The van der Waals surface area contributed by atoms with Crippen LogP contribution < -0.4 is 14.2 Å². The van der Waals surface area contributed by atoms with Crippen LogP contribution in [0, 0.1) is 0 Å². The molecule has 0 spiro atoms. The highest BCUT2D eigenvalue weighted by Crippen LogP contribution is 2.52. The Balaban J connectivity index is 0.00000182. The average Bonchev–Trinajstić information content (AvgIpc) is 2.63. The largest absolute Gasteiger partial charge is 0.497 e. The highest BCUT2D eigenvalue weighted by Gasteiger charge is 2.36. The van der Waals surface area contributed by atoms with Crippen molar-refractivity contribution in [1.29, 1.82) is 0 Å². The van der Waals surface area contributed by atoms with Gasteiger partial charge in [0, 0.05) is 18.2 Å². The van der Waals surface area contributed by atoms with Crippen molar-refractivity contribution in [2.24, 2.45) is 0 Å². The van der Waals surface area contributed by atoms with Crippen molar-refractivity contribution >= 4 is 17.0 Å². The predicted octanol–water partition coefficient (Wildman–Crippen LogP) is 4.04. The second kappa shape index (κ2) is 6.89. The van der Waals surface area contributed by atoms with Gasteiger partial charge in [-0.15, -0.1) is 17.0 Å². The van der Waals surface area contributed by atoms with Crippen LogP contribution in [0.5, 0.6) is 17.2 Å². The Morgan fingerprint density at radius 2 is 1.80 bits per heavy atom. The monoisotopic (exact) mass is 405 g/mol. The van der Waals surface area contributed by atoms with Crippen LogP contribution in [0.4, 0.5) is 0 Å². The number of likely N-dealkylation sites (N-methyl/N-ethyl adjacent to an activating group) is 1. The van der Waals surface area contributed by atoms with E-state index >= 15 is 0 Å². The van der Waals surface area contributed by atoms with Crippen LogP contribution in [0.2, 0.25) is 0 Å². The van der Waals surface area contributed by atoms with Crippen LogP contribution in [0.1, 0.15) is 22.7 Å². The molecule has 1 aliphatic carbocycles. The van der Waals surface area contributed by atoms with Gasteiger partial charge in [0.15, 0.2) is 11.5 Å². The van der Waals surface area contributed by atoms with E-state index in [1.165, 1.54) is 27.8 Å². The molecule has 4 rings (SSSR count). The van der Waals surface area contributed by atoms with Gasteiger partial charge in [-0.25, -0.2) is 0 Å². The fourth-order valence-electron chi connectivity index (χ4n) is 4.15. The van der Waals surface area contributed by atoms with Crippen LogP contribution in [0.3, 0.4) is 0 Å². The summed E-state index contributed by atoms with van der Waals surface area (Å²) in [5, 5.41) is 0. The van der Waals surface area contributed by atoms with E-state index in [9.17, 15) is 0 Å². The minimum absolute atomic E-state index is 0. The minimum Gasteiger partial charge on any atom is -0.497 e. The molecule has 2 aromatic rings. The van der Waals surface area contributed by atoms with E-state index in [-0.39, 0.29) is 17.0 Å². The summed E-state index contributed by atoms with van der Waals surface area (Å²) in [4.78, 5) is 2.45. The molecule has 0 bridgehead atoms. The molecule has 5 heteroatoms. The van der Waals surface area contributed by atoms with E-state index in [1.807, 2.05) is 6.07 Å². The smallest absolute Gasteiger partial charge is 0.168 e. The van der Waals surface area contributed by atoms with Gasteiger partial charge in [-0.3, -0.25) is 4.90 Å². The number of halogens is 1. The second-order valence-corrected chi connectivity index (χ2v) is 6.53. The minimum atomic E-state index is 0. The number of rotatable bonds is 3. The molecular weight excluding hydrogens is 382 g/mol. The van der Waals surface area contributed by atoms with Crippen molar-refractivity contribution in [3.63, 3.8) is 0 Å². The maximum absolute atomic E-state index is 5.79. The number of ether oxygens (including phenoxy) is 3. The zero-order valence-electron chi connectivity index (χ0n) is 15.1. The summed E-state index contributed by atoms with van der Waals surface area (Å²) in [5.74, 6) is 2.51. The molecule has 25 heavy (non-hydrogen) atoms. The Morgan fingerprint density at radius 3 is 2.48 bits per heavy atom. The molecule has 1 atom stereocenters. The number of fused-ring (bicyclic) bond motifs is 2. The van der Waals surface area contributed by atoms with Crippen LogP contribution in [0.15, 0.2) is 24.3 Å². The van der Waals surface area contributed by atoms with Gasteiger partial charge < -0.3 is 14.2 Å². The normalized spacial score (nSPS) is 17.8. The summed E-state index contributed by atoms with van der Waals surface area (Å²) < 4.78 is 16.9. The Kier molecular flexibility index (Phi) is 4.98. The molecule has 0 saturated heterocycles. The number of nitrogens with zero attached hydrogens (tertiary/aromatic N) is 1. The van der Waals surface area contributed by atoms with Crippen LogP contribution in [-0.2, 0) is 12.8 Å². The SMILES string of the molecule is Br.COc1ccc2c(c1)-c1c(OC)c(OC)cc3c1C(C2)N(C)CC3. The molecular formula is C20H24BrNO3. The van der Waals surface area contributed by atoms with E-state index in [1.54, 1.807) is 21.3 Å². The van der Waals surface area contributed by atoms with Crippen molar-refractivity contribution in [3.05, 3.63) is 41.0 Å². The summed E-state index contributed by atoms with van der Waals surface area (Å²) >= 11 is 0. The second-order valence-electron chi connectivity index (χ2n) is 6.53. The summed E-state index contributed by atoms with van der Waals surface area (Å²) in [5.41, 5.74) is 6.47. The summed E-state index contributed by atoms with van der Waals surface area (Å²) in [6.45, 7) is 1.07. The van der Waals surface area contributed by atoms with Gasteiger partial charge in [-0.05, 0) is 60.3 Å². The lowest BCUT2D eigenvalue weighted by atomic mass is 9.76. The maximum atomic E-state index is 5.79. The Bertz CT molecular complexity index is 806. The molecule has 1 unspecified atom stereocenters. The van der Waals surface area contributed by atoms with Crippen molar-refractivity contribution in [3.8, 4) is 28.4 Å². The van der Waals surface area contributed by atoms with Gasteiger partial charge in [0.05, 0.1) is 21.3 Å². The molecule has 4 nitrogen and oxygen atoms in total. The lowest BCUT2D eigenvalue weighted by Gasteiger charge is -2.40. The van der Waals surface area contributed by atoms with E-state index in [2.05, 4.69) is 30.1 Å². The number of methoxy groups -OCH3 is 3. The summed E-state index contributed by atoms with van der Waals surface area (Å²) in [7, 11) is 7.34. The Labute approximate surface area is 159 Å². The van der Waals surface area contributed by atoms with Gasteiger partial charge in [0.25, 0.3) is 0 Å². The molecule has 2 aromatic carbocycles. The third kappa shape index (κ3) is 2.70. The van der Waals surface area contributed by atoms with E-state index < -0.39 is 0 Å². The Morgan fingerprint density at radius 1 is 1.00 bits per heavy atom. The highest BCUT2D eigenvalue weighted by atomic mass is 79.9. The third-order valence-corrected chi connectivity index (χ3v) is 5.39. The first-order valence-electron chi connectivity index (χ1n) is 8.33. The van der Waals surface area contributed by atoms with Gasteiger partial charge in [0.1, 0.15) is 5.75 Å². The third-order valence-electron chi connectivity index (χ3n) is 5.39. The molecule has 1 heterocycles. The zero-order valence-corrected chi connectivity index (χ0v) is 16.8. The quantitative estimate of drug-likeness (QED) is 0.770. The molecule has 0 aromatic heterocycles. The van der Waals surface area contributed by atoms with Crippen LogP contribution in [0.25, 0.3) is 11.1 Å². The standard InChI is InChI=1S/C20H23NO3.BrH/c1-21-8-7-13-10-17(23-3)20(24-4)19-15-11-14(22-2)6-5-12(15)9-16(21)18(13)19;/h5-6,10-11,16H,7-9H2,1-4H3;1H. The topological polar surface area (TPSA) is 30.9 Å². The lowest BCUT2D eigenvalue weighted by Crippen LogP contribution is -2.35. The predicted molar refractivity (Wildman–Crippen MR) is 105 cm³/mol. The van der Waals surface area contributed by atoms with E-state index in [4.69, 9.17) is 14.2 Å². The van der Waals surface area contributed by atoms with Crippen molar-refractivity contribution in [2.75, 3.05) is 34.9 Å². The first kappa shape index (κ1) is 18.1. The highest BCUT2D eigenvalue weighted by molar-refractivity contribution is 8.93. The summed E-state index contributed by atoms with van der Waals surface area (Å²) in [6, 6.07) is 8.89. The van der Waals surface area contributed by atoms with Gasteiger partial charge in [0.2, 0.25) is 0 Å². The molecule has 0 fully saturated rings. The van der Waals surface area contributed by atoms with Gasteiger partial charge in [-0.1, -0.05) is 6.07 Å². The average molecular weight is 406 g/mol. The first-order chi connectivity index (χ1) is 11.7.